The summed E-state index contributed by atoms with van der Waals surface area (Å²) in [7, 11) is -2.12. The third-order valence-corrected chi connectivity index (χ3v) is 21.1. The molecule has 0 fully saturated rings. The zero-order chi connectivity index (χ0) is 53.1. The van der Waals surface area contributed by atoms with E-state index < -0.39 is 8.07 Å². The molecule has 0 unspecified atom stereocenters. The van der Waals surface area contributed by atoms with Gasteiger partial charge in [-0.05, 0) is 152 Å². The Kier molecular flexibility index (Phi) is 10.5. The van der Waals surface area contributed by atoms with Crippen LogP contribution in [-0.4, -0.2) is 12.6 Å². The van der Waals surface area contributed by atoms with Crippen LogP contribution in [0.25, 0.3) is 148 Å². The van der Waals surface area contributed by atoms with E-state index in [0.29, 0.717) is 0 Å². The van der Waals surface area contributed by atoms with Crippen molar-refractivity contribution in [3.63, 3.8) is 0 Å². The van der Waals surface area contributed by atoms with Crippen molar-refractivity contribution in [3.8, 4) is 83.6 Å². The molecular weight excluding hydrogens is 979 g/mol. The van der Waals surface area contributed by atoms with Gasteiger partial charge >= 0.3 is 0 Å². The number of aromatic nitrogens is 1. The van der Waals surface area contributed by atoms with Gasteiger partial charge in [0.25, 0.3) is 0 Å². The van der Waals surface area contributed by atoms with Crippen LogP contribution in [-0.2, 0) is 0 Å². The summed E-state index contributed by atoms with van der Waals surface area (Å²) in [6, 6.07) is 107. The highest BCUT2D eigenvalue weighted by Gasteiger charge is 2.28. The Morgan fingerprint density at radius 3 is 1.07 bits per heavy atom. The van der Waals surface area contributed by atoms with E-state index in [1.165, 1.54) is 159 Å². The molecule has 15 aromatic rings. The molecule has 0 saturated carbocycles. The van der Waals surface area contributed by atoms with Crippen molar-refractivity contribution in [2.24, 2.45) is 0 Å². The topological polar surface area (TPSA) is 4.93 Å². The van der Waals surface area contributed by atoms with Crippen molar-refractivity contribution in [3.05, 3.63) is 285 Å². The highest BCUT2D eigenvalue weighted by atomic mass is 28.3. The summed E-state index contributed by atoms with van der Waals surface area (Å²) in [6.45, 7) is 5.07. The fourth-order valence-electron chi connectivity index (χ4n) is 13.5. The van der Waals surface area contributed by atoms with Crippen LogP contribution in [0.5, 0.6) is 0 Å². The Morgan fingerprint density at radius 2 is 0.575 bits per heavy atom. The van der Waals surface area contributed by atoms with Gasteiger partial charge in [0.1, 0.15) is 0 Å². The van der Waals surface area contributed by atoms with Gasteiger partial charge in [-0.2, -0.15) is 23.5 Å². The van der Waals surface area contributed by atoms with Gasteiger partial charge in [-0.3, -0.25) is 0 Å². The lowest BCUT2D eigenvalue weighted by Crippen LogP contribution is -2.49. The largest absolute Gasteiger partial charge is 0.309 e. The molecule has 16 rings (SSSR count). The van der Waals surface area contributed by atoms with Crippen molar-refractivity contribution < 1.29 is 0 Å². The molecule has 1 aliphatic heterocycles. The van der Waals surface area contributed by atoms with E-state index in [1.807, 2.05) is 0 Å². The van der Waals surface area contributed by atoms with Crippen molar-refractivity contribution in [2.75, 3.05) is 0 Å². The highest BCUT2D eigenvalue weighted by molar-refractivity contribution is 7.03. The fourth-order valence-corrected chi connectivity index (χ4v) is 16.6. The molecule has 80 heavy (non-hydrogen) atoms. The minimum absolute atomic E-state index is 1.20. The maximum Gasteiger partial charge on any atom is 0.0541 e. The number of hydrogen-bond acceptors (Lipinski definition) is 0. The van der Waals surface area contributed by atoms with Crippen LogP contribution in [0, 0.1) is 0 Å². The van der Waals surface area contributed by atoms with Crippen LogP contribution in [0.3, 0.4) is 0 Å². The maximum absolute atomic E-state index is 2.54. The second-order valence-corrected chi connectivity index (χ2v) is 26.7. The molecular formula is C78H53NSi-. The molecule has 0 saturated heterocycles. The summed E-state index contributed by atoms with van der Waals surface area (Å²) in [5.74, 6) is 0. The first-order valence-corrected chi connectivity index (χ1v) is 31.0. The van der Waals surface area contributed by atoms with Crippen molar-refractivity contribution in [1.82, 2.24) is 4.57 Å². The van der Waals surface area contributed by atoms with Gasteiger partial charge < -0.3 is 4.57 Å². The first-order valence-electron chi connectivity index (χ1n) is 28.0. The van der Waals surface area contributed by atoms with Gasteiger partial charge in [0, 0.05) is 16.5 Å². The lowest BCUT2D eigenvalue weighted by atomic mass is 9.92. The average Bonchev–Trinajstić information content (AvgIpc) is 4.01. The Morgan fingerprint density at radius 1 is 0.225 bits per heavy atom. The molecule has 0 spiro atoms. The number of benzene rings is 14. The highest BCUT2D eigenvalue weighted by Crippen LogP contribution is 2.42. The second-order valence-electron chi connectivity index (χ2n) is 22.4. The Labute approximate surface area is 467 Å². The van der Waals surface area contributed by atoms with E-state index in [1.54, 1.807) is 0 Å². The van der Waals surface area contributed by atoms with E-state index in [-0.39, 0.29) is 0 Å². The summed E-state index contributed by atoms with van der Waals surface area (Å²) in [5, 5.41) is 15.7. The minimum atomic E-state index is -2.12. The molecule has 375 valence electrons. The molecule has 1 aromatic heterocycles. The predicted molar refractivity (Wildman–Crippen MR) is 346 cm³/mol. The third-order valence-electron chi connectivity index (χ3n) is 17.6. The zero-order valence-corrected chi connectivity index (χ0v) is 45.6. The summed E-state index contributed by atoms with van der Waals surface area (Å²) < 4.78 is 2.52. The molecule has 1 aliphatic rings. The molecule has 14 aromatic carbocycles. The van der Waals surface area contributed by atoms with Gasteiger partial charge in [0.2, 0.25) is 0 Å². The van der Waals surface area contributed by atoms with Gasteiger partial charge in [-0.1, -0.05) is 262 Å². The molecule has 0 atom stereocenters. The molecule has 1 nitrogen and oxygen atoms in total. The van der Waals surface area contributed by atoms with Crippen LogP contribution in [0.15, 0.2) is 285 Å². The van der Waals surface area contributed by atoms with Crippen LogP contribution in [0.1, 0.15) is 0 Å². The van der Waals surface area contributed by atoms with E-state index in [9.17, 15) is 0 Å². The van der Waals surface area contributed by atoms with Gasteiger partial charge in [-0.15, -0.1) is 0 Å². The number of fused-ring (bicyclic) bond motifs is 12. The predicted octanol–water partition coefficient (Wildman–Crippen LogP) is 20.2. The first-order chi connectivity index (χ1) is 39.4. The summed E-state index contributed by atoms with van der Waals surface area (Å²) in [4.78, 5) is 0. The Balaban J connectivity index is 0.802. The van der Waals surface area contributed by atoms with Crippen LogP contribution in [0.4, 0.5) is 0 Å². The van der Waals surface area contributed by atoms with Crippen molar-refractivity contribution in [2.45, 2.75) is 13.1 Å². The van der Waals surface area contributed by atoms with E-state index in [2.05, 4.69) is 303 Å². The molecule has 0 radical (unpaired) electrons. The SMILES string of the molecule is C[Si-]1(C)c2cc(-c3ccc(-c4ccccc4)cc3)ccc2-c2ccc(-n3c4ccc(-c5ccc(-c6cc7ccccc7c7ccccc67)cc5)cc4c4cc(-c5ccc(-c6cc7ccccc7c7ccccc67)cc5)ccc43)cc21. The molecule has 2 heteroatoms. The quantitative estimate of drug-likeness (QED) is 0.111. The average molecular weight is 1030 g/mol. The Hall–Kier alpha value is -9.86. The molecule has 0 aliphatic carbocycles. The molecule has 0 amide bonds. The molecule has 2 heterocycles. The normalized spacial score (nSPS) is 12.7. The van der Waals surface area contributed by atoms with Crippen LogP contribution < -0.4 is 10.4 Å². The van der Waals surface area contributed by atoms with Crippen LogP contribution >= 0.6 is 0 Å². The molecule has 0 N–H and O–H groups in total. The van der Waals surface area contributed by atoms with Crippen LogP contribution in [0.2, 0.25) is 13.1 Å². The smallest absolute Gasteiger partial charge is 0.0541 e. The number of nitrogens with zero attached hydrogens (tertiary/aromatic N) is 1. The zero-order valence-electron chi connectivity index (χ0n) is 44.6. The monoisotopic (exact) mass is 1030 g/mol. The third kappa shape index (κ3) is 7.37. The van der Waals surface area contributed by atoms with Crippen molar-refractivity contribution in [1.29, 1.82) is 0 Å². The fraction of sp³-hybridized carbons (Fsp3) is 0.0256. The number of hydrogen-bond donors (Lipinski definition) is 0. The molecule has 0 bridgehead atoms. The van der Waals surface area contributed by atoms with E-state index in [4.69, 9.17) is 0 Å². The summed E-state index contributed by atoms with van der Waals surface area (Å²) in [5.41, 5.74) is 21.1. The van der Waals surface area contributed by atoms with E-state index in [0.717, 1.165) is 0 Å². The van der Waals surface area contributed by atoms with Gasteiger partial charge in [0.15, 0.2) is 0 Å². The van der Waals surface area contributed by atoms with Gasteiger partial charge in [-0.25, -0.2) is 0 Å². The summed E-state index contributed by atoms with van der Waals surface area (Å²) in [6.07, 6.45) is 0. The number of rotatable bonds is 7. The van der Waals surface area contributed by atoms with Crippen molar-refractivity contribution >= 4 is 83.3 Å². The summed E-state index contributed by atoms with van der Waals surface area (Å²) >= 11 is 0. The van der Waals surface area contributed by atoms with E-state index >= 15 is 0 Å². The maximum atomic E-state index is 2.54. The lowest BCUT2D eigenvalue weighted by Gasteiger charge is -2.32. The Bertz CT molecular complexity index is 4770. The van der Waals surface area contributed by atoms with Gasteiger partial charge in [0.05, 0.1) is 11.0 Å². The lowest BCUT2D eigenvalue weighted by molar-refractivity contribution is 1.18. The standard InChI is InChI=1S/C78H53NSi/c1-80(2)77-48-59(54-26-24-51(25-27-54)50-14-4-3-5-15-50)36-40-69(77)70-41-39-62(49-78(70)80)79-75-42-37-57(52-28-32-55(33-29-52)71-46-60-16-6-8-18-63(60)65-20-10-12-22-67(65)71)44-73(75)74-45-58(38-43-76(74)79)53-30-34-56(35-31-53)72-47-61-17-7-9-19-64(61)66-21-11-13-23-68(66)72/h3-49H,1-2H3/q-1. The first kappa shape index (κ1) is 46.3. The minimum Gasteiger partial charge on any atom is -0.309 e. The second kappa shape index (κ2) is 18.1.